The lowest BCUT2D eigenvalue weighted by Gasteiger charge is -2.11. The molecule has 0 aliphatic heterocycles. The summed E-state index contributed by atoms with van der Waals surface area (Å²) in [5.74, 6) is -0.611. The van der Waals surface area contributed by atoms with Gasteiger partial charge in [0.2, 0.25) is 0 Å². The van der Waals surface area contributed by atoms with Crippen molar-refractivity contribution in [3.8, 4) is 5.75 Å². The fourth-order valence-corrected chi connectivity index (χ4v) is 2.61. The zero-order valence-corrected chi connectivity index (χ0v) is 14.6. The molecule has 0 saturated heterocycles. The SMILES string of the molecule is CCOC(=O)c1ccc(NC(=O)c2cc(Cl)cc(Cl)c2OC)cc1. The van der Waals surface area contributed by atoms with Crippen LogP contribution in [-0.4, -0.2) is 25.6 Å². The lowest BCUT2D eigenvalue weighted by atomic mass is 10.1. The van der Waals surface area contributed by atoms with E-state index in [1.54, 1.807) is 31.2 Å². The van der Waals surface area contributed by atoms with Gasteiger partial charge in [-0.3, -0.25) is 4.79 Å². The zero-order valence-electron chi connectivity index (χ0n) is 13.1. The summed E-state index contributed by atoms with van der Waals surface area (Å²) < 4.78 is 10.1. The number of anilines is 1. The van der Waals surface area contributed by atoms with Crippen molar-refractivity contribution in [2.24, 2.45) is 0 Å². The molecule has 126 valence electrons. The molecule has 24 heavy (non-hydrogen) atoms. The van der Waals surface area contributed by atoms with Gasteiger partial charge in [0.15, 0.2) is 0 Å². The van der Waals surface area contributed by atoms with Gasteiger partial charge in [-0.1, -0.05) is 23.2 Å². The average Bonchev–Trinajstić information content (AvgIpc) is 2.55. The molecule has 0 aliphatic rings. The Morgan fingerprint density at radius 1 is 1.12 bits per heavy atom. The average molecular weight is 368 g/mol. The van der Waals surface area contributed by atoms with Crippen LogP contribution in [0.3, 0.4) is 0 Å². The van der Waals surface area contributed by atoms with Crippen LogP contribution < -0.4 is 10.1 Å². The van der Waals surface area contributed by atoms with Crippen LogP contribution in [0.25, 0.3) is 0 Å². The topological polar surface area (TPSA) is 64.6 Å². The molecule has 0 bridgehead atoms. The number of carbonyl (C=O) groups is 2. The lowest BCUT2D eigenvalue weighted by Crippen LogP contribution is -2.13. The van der Waals surface area contributed by atoms with Gasteiger partial charge in [-0.2, -0.15) is 0 Å². The predicted molar refractivity (Wildman–Crippen MR) is 93.4 cm³/mol. The molecule has 0 aromatic heterocycles. The van der Waals surface area contributed by atoms with Crippen LogP contribution in [0.15, 0.2) is 36.4 Å². The summed E-state index contributed by atoms with van der Waals surface area (Å²) in [5.41, 5.74) is 1.12. The summed E-state index contributed by atoms with van der Waals surface area (Å²) in [5, 5.41) is 3.26. The Balaban J connectivity index is 2.20. The fourth-order valence-electron chi connectivity index (χ4n) is 2.04. The summed E-state index contributed by atoms with van der Waals surface area (Å²) in [6.45, 7) is 2.03. The normalized spacial score (nSPS) is 10.2. The van der Waals surface area contributed by atoms with Crippen LogP contribution in [0.5, 0.6) is 5.75 Å². The molecule has 1 N–H and O–H groups in total. The molecular formula is C17H15Cl2NO4. The van der Waals surface area contributed by atoms with Crippen molar-refractivity contribution in [3.05, 3.63) is 57.6 Å². The number of hydrogen-bond donors (Lipinski definition) is 1. The van der Waals surface area contributed by atoms with E-state index in [0.717, 1.165) is 0 Å². The van der Waals surface area contributed by atoms with Crippen LogP contribution in [0.2, 0.25) is 10.0 Å². The minimum Gasteiger partial charge on any atom is -0.494 e. The van der Waals surface area contributed by atoms with E-state index in [1.165, 1.54) is 19.2 Å². The summed E-state index contributed by atoms with van der Waals surface area (Å²) >= 11 is 12.0. The molecule has 5 nitrogen and oxygen atoms in total. The third-order valence-corrected chi connectivity index (χ3v) is 3.61. The predicted octanol–water partition coefficient (Wildman–Crippen LogP) is 4.43. The molecule has 0 spiro atoms. The van der Waals surface area contributed by atoms with Crippen LogP contribution in [0.4, 0.5) is 5.69 Å². The minimum absolute atomic E-state index is 0.212. The Labute approximate surface area is 149 Å². The third kappa shape index (κ3) is 4.19. The zero-order chi connectivity index (χ0) is 17.7. The molecule has 0 unspecified atom stereocenters. The molecule has 0 atom stereocenters. The number of amides is 1. The van der Waals surface area contributed by atoms with Gasteiger partial charge in [0.1, 0.15) is 5.75 Å². The number of ether oxygens (including phenoxy) is 2. The van der Waals surface area contributed by atoms with Crippen molar-refractivity contribution >= 4 is 40.8 Å². The smallest absolute Gasteiger partial charge is 0.338 e. The maximum atomic E-state index is 12.4. The van der Waals surface area contributed by atoms with Crippen molar-refractivity contribution in [2.75, 3.05) is 19.0 Å². The molecule has 1 amide bonds. The Kier molecular flexibility index (Phi) is 6.06. The number of esters is 1. The van der Waals surface area contributed by atoms with Crippen LogP contribution >= 0.6 is 23.2 Å². The second-order valence-corrected chi connectivity index (χ2v) is 5.56. The Hall–Kier alpha value is -2.24. The van der Waals surface area contributed by atoms with Gasteiger partial charge in [-0.15, -0.1) is 0 Å². The quantitative estimate of drug-likeness (QED) is 0.793. The van der Waals surface area contributed by atoms with Gasteiger partial charge < -0.3 is 14.8 Å². The number of carbonyl (C=O) groups excluding carboxylic acids is 2. The Morgan fingerprint density at radius 3 is 2.38 bits per heavy atom. The van der Waals surface area contributed by atoms with Crippen molar-refractivity contribution in [3.63, 3.8) is 0 Å². The van der Waals surface area contributed by atoms with Crippen molar-refractivity contribution in [2.45, 2.75) is 6.92 Å². The van der Waals surface area contributed by atoms with E-state index < -0.39 is 11.9 Å². The highest BCUT2D eigenvalue weighted by atomic mass is 35.5. The Bertz CT molecular complexity index is 760. The molecule has 0 saturated carbocycles. The molecule has 0 heterocycles. The van der Waals surface area contributed by atoms with Gasteiger partial charge in [-0.05, 0) is 43.3 Å². The number of rotatable bonds is 5. The lowest BCUT2D eigenvalue weighted by molar-refractivity contribution is 0.0526. The van der Waals surface area contributed by atoms with Crippen LogP contribution in [-0.2, 0) is 4.74 Å². The van der Waals surface area contributed by atoms with Crippen molar-refractivity contribution in [1.82, 2.24) is 0 Å². The van der Waals surface area contributed by atoms with E-state index in [1.807, 2.05) is 0 Å². The molecular weight excluding hydrogens is 353 g/mol. The maximum Gasteiger partial charge on any atom is 0.338 e. The van der Waals surface area contributed by atoms with E-state index in [0.29, 0.717) is 22.9 Å². The number of halogens is 2. The molecule has 2 aromatic rings. The molecule has 7 heteroatoms. The molecule has 0 aliphatic carbocycles. The molecule has 0 fully saturated rings. The first-order valence-corrected chi connectivity index (χ1v) is 7.83. The first-order valence-electron chi connectivity index (χ1n) is 7.07. The van der Waals surface area contributed by atoms with E-state index in [2.05, 4.69) is 5.32 Å². The van der Waals surface area contributed by atoms with Gasteiger partial charge >= 0.3 is 5.97 Å². The van der Waals surface area contributed by atoms with Crippen molar-refractivity contribution < 1.29 is 19.1 Å². The van der Waals surface area contributed by atoms with Gasteiger partial charge in [0, 0.05) is 10.7 Å². The highest BCUT2D eigenvalue weighted by molar-refractivity contribution is 6.36. The van der Waals surface area contributed by atoms with E-state index in [9.17, 15) is 9.59 Å². The number of nitrogens with one attached hydrogen (secondary N) is 1. The highest BCUT2D eigenvalue weighted by Crippen LogP contribution is 2.32. The molecule has 0 radical (unpaired) electrons. The van der Waals surface area contributed by atoms with Gasteiger partial charge in [0.05, 0.1) is 29.9 Å². The number of hydrogen-bond acceptors (Lipinski definition) is 4. The maximum absolute atomic E-state index is 12.4. The van der Waals surface area contributed by atoms with Crippen LogP contribution in [0, 0.1) is 0 Å². The van der Waals surface area contributed by atoms with Gasteiger partial charge in [-0.25, -0.2) is 4.79 Å². The highest BCUT2D eigenvalue weighted by Gasteiger charge is 2.17. The monoisotopic (exact) mass is 367 g/mol. The number of methoxy groups -OCH3 is 1. The second kappa shape index (κ2) is 8.04. The minimum atomic E-state index is -0.430. The van der Waals surface area contributed by atoms with Gasteiger partial charge in [0.25, 0.3) is 5.91 Å². The summed E-state index contributed by atoms with van der Waals surface area (Å²) in [4.78, 5) is 24.0. The summed E-state index contributed by atoms with van der Waals surface area (Å²) in [6, 6.07) is 9.29. The summed E-state index contributed by atoms with van der Waals surface area (Å²) in [7, 11) is 1.42. The second-order valence-electron chi connectivity index (χ2n) is 4.72. The first-order chi connectivity index (χ1) is 11.5. The molecule has 2 aromatic carbocycles. The molecule has 2 rings (SSSR count). The summed E-state index contributed by atoms with van der Waals surface area (Å²) in [6.07, 6.45) is 0. The van der Waals surface area contributed by atoms with E-state index in [4.69, 9.17) is 32.7 Å². The van der Waals surface area contributed by atoms with Crippen LogP contribution in [0.1, 0.15) is 27.6 Å². The largest absolute Gasteiger partial charge is 0.494 e. The van der Waals surface area contributed by atoms with E-state index in [-0.39, 0.29) is 16.3 Å². The third-order valence-electron chi connectivity index (χ3n) is 3.11. The first kappa shape index (κ1) is 18.1. The van der Waals surface area contributed by atoms with E-state index >= 15 is 0 Å². The van der Waals surface area contributed by atoms with Crippen molar-refractivity contribution in [1.29, 1.82) is 0 Å². The standard InChI is InChI=1S/C17H15Cl2NO4/c1-3-24-17(22)10-4-6-12(7-5-10)20-16(21)13-8-11(18)9-14(19)15(13)23-2/h4-9H,3H2,1-2H3,(H,20,21). The fraction of sp³-hybridized carbons (Fsp3) is 0.176. The Morgan fingerprint density at radius 2 is 1.79 bits per heavy atom. The number of benzene rings is 2.